The minimum Gasteiger partial charge on any atom is -0.478 e. The Morgan fingerprint density at radius 1 is 0.789 bits per heavy atom. The summed E-state index contributed by atoms with van der Waals surface area (Å²) in [5.74, 6) is -0.381. The molecular formula is C35H31NO2. The molecule has 1 aliphatic carbocycles. The van der Waals surface area contributed by atoms with Crippen LogP contribution in [0.1, 0.15) is 59.9 Å². The number of aliphatic carboxylic acids is 1. The van der Waals surface area contributed by atoms with Crippen LogP contribution >= 0.6 is 0 Å². The van der Waals surface area contributed by atoms with Crippen LogP contribution in [0.4, 0.5) is 11.4 Å². The van der Waals surface area contributed by atoms with Gasteiger partial charge in [0.15, 0.2) is 0 Å². The van der Waals surface area contributed by atoms with Crippen molar-refractivity contribution in [3.63, 3.8) is 0 Å². The van der Waals surface area contributed by atoms with Gasteiger partial charge in [0, 0.05) is 28.9 Å². The molecular weight excluding hydrogens is 466 g/mol. The molecule has 3 nitrogen and oxygen atoms in total. The van der Waals surface area contributed by atoms with E-state index in [0.29, 0.717) is 17.5 Å². The molecule has 0 spiro atoms. The summed E-state index contributed by atoms with van der Waals surface area (Å²) in [5.41, 5.74) is 9.91. The van der Waals surface area contributed by atoms with E-state index in [1.165, 1.54) is 58.5 Å². The monoisotopic (exact) mass is 497 g/mol. The molecule has 2 aliphatic rings. The first-order chi connectivity index (χ1) is 18.6. The topological polar surface area (TPSA) is 40.5 Å². The van der Waals surface area contributed by atoms with Crippen LogP contribution in [0.15, 0.2) is 109 Å². The number of benzene rings is 4. The largest absolute Gasteiger partial charge is 0.478 e. The highest BCUT2D eigenvalue weighted by Gasteiger charge is 2.42. The molecule has 2 atom stereocenters. The van der Waals surface area contributed by atoms with Crippen molar-refractivity contribution in [2.24, 2.45) is 0 Å². The van der Waals surface area contributed by atoms with E-state index >= 15 is 0 Å². The lowest BCUT2D eigenvalue weighted by molar-refractivity contribution is -0.132. The molecule has 0 bridgehead atoms. The van der Waals surface area contributed by atoms with Gasteiger partial charge >= 0.3 is 5.97 Å². The van der Waals surface area contributed by atoms with Crippen molar-refractivity contribution in [3.8, 4) is 0 Å². The number of hydrogen-bond acceptors (Lipinski definition) is 2. The molecule has 6 rings (SSSR count). The van der Waals surface area contributed by atoms with Crippen LogP contribution in [0, 0.1) is 0 Å². The van der Waals surface area contributed by atoms with Crippen molar-refractivity contribution in [2.75, 3.05) is 4.90 Å². The van der Waals surface area contributed by atoms with Gasteiger partial charge in [0.25, 0.3) is 0 Å². The second-order valence-corrected chi connectivity index (χ2v) is 10.3. The van der Waals surface area contributed by atoms with Crippen LogP contribution in [0.25, 0.3) is 17.7 Å². The summed E-state index contributed by atoms with van der Waals surface area (Å²) in [4.78, 5) is 13.8. The standard InChI is InChI=1S/C35H31NO2/c1-24(35(37)38)21-26-17-20-34-32(23-26)30-13-8-14-33(30)36(34)29-18-15-25(16-19-29)22-31(27-9-4-2-5-10-27)28-11-6-3-7-12-28/h2-7,9-12,15-23,30,33H,8,13-14H2,1H3,(H,37,38)/b24-21+. The van der Waals surface area contributed by atoms with Crippen LogP contribution in [0.5, 0.6) is 0 Å². The van der Waals surface area contributed by atoms with Crippen LogP contribution in [-0.2, 0) is 4.79 Å². The molecule has 1 fully saturated rings. The van der Waals surface area contributed by atoms with E-state index in [2.05, 4.69) is 108 Å². The number of carboxylic acids is 1. The number of carboxylic acid groups (broad SMARTS) is 1. The summed E-state index contributed by atoms with van der Waals surface area (Å²) < 4.78 is 0. The molecule has 188 valence electrons. The average molecular weight is 498 g/mol. The lowest BCUT2D eigenvalue weighted by Crippen LogP contribution is -2.26. The number of rotatable bonds is 6. The van der Waals surface area contributed by atoms with Gasteiger partial charge in [-0.15, -0.1) is 0 Å². The minimum absolute atomic E-state index is 0.358. The molecule has 0 aromatic heterocycles. The van der Waals surface area contributed by atoms with Crippen molar-refractivity contribution < 1.29 is 9.90 Å². The van der Waals surface area contributed by atoms with E-state index in [-0.39, 0.29) is 0 Å². The third-order valence-electron chi connectivity index (χ3n) is 7.89. The molecule has 0 saturated heterocycles. The van der Waals surface area contributed by atoms with E-state index in [1.807, 2.05) is 6.07 Å². The van der Waals surface area contributed by atoms with Crippen LogP contribution in [-0.4, -0.2) is 17.1 Å². The average Bonchev–Trinajstić information content (AvgIpc) is 3.54. The predicted molar refractivity (Wildman–Crippen MR) is 157 cm³/mol. The normalized spacial score (nSPS) is 18.1. The maximum atomic E-state index is 11.3. The summed E-state index contributed by atoms with van der Waals surface area (Å²) >= 11 is 0. The zero-order valence-corrected chi connectivity index (χ0v) is 21.5. The predicted octanol–water partition coefficient (Wildman–Crippen LogP) is 8.55. The first-order valence-electron chi connectivity index (χ1n) is 13.4. The molecule has 4 aromatic carbocycles. The molecule has 1 N–H and O–H groups in total. The third kappa shape index (κ3) is 4.56. The SMILES string of the molecule is C/C(=C\c1ccc2c(c1)C1CCCC1N2c1ccc(C=C(c2ccccc2)c2ccccc2)cc1)C(=O)O. The molecule has 38 heavy (non-hydrogen) atoms. The maximum Gasteiger partial charge on any atom is 0.331 e. The Bertz CT molecular complexity index is 1480. The zero-order chi connectivity index (χ0) is 26.1. The van der Waals surface area contributed by atoms with Gasteiger partial charge in [-0.1, -0.05) is 85.3 Å². The summed E-state index contributed by atoms with van der Waals surface area (Å²) in [6.45, 7) is 1.65. The van der Waals surface area contributed by atoms with Crippen molar-refractivity contribution in [1.29, 1.82) is 0 Å². The van der Waals surface area contributed by atoms with Gasteiger partial charge in [-0.25, -0.2) is 4.79 Å². The molecule has 1 saturated carbocycles. The molecule has 0 radical (unpaired) electrons. The number of carbonyl (C=O) groups is 1. The van der Waals surface area contributed by atoms with Crippen molar-refractivity contribution >= 4 is 35.1 Å². The van der Waals surface area contributed by atoms with Crippen molar-refractivity contribution in [3.05, 3.63) is 137 Å². The quantitative estimate of drug-likeness (QED) is 0.214. The Hall–Kier alpha value is -4.37. The number of fused-ring (bicyclic) bond motifs is 3. The van der Waals surface area contributed by atoms with Crippen molar-refractivity contribution in [1.82, 2.24) is 0 Å². The van der Waals surface area contributed by atoms with Gasteiger partial charge in [0.1, 0.15) is 0 Å². The summed E-state index contributed by atoms with van der Waals surface area (Å²) in [6, 6.07) is 36.9. The highest BCUT2D eigenvalue weighted by atomic mass is 16.4. The van der Waals surface area contributed by atoms with Gasteiger partial charge < -0.3 is 10.0 Å². The second-order valence-electron chi connectivity index (χ2n) is 10.3. The third-order valence-corrected chi connectivity index (χ3v) is 7.89. The second kappa shape index (κ2) is 10.2. The highest BCUT2D eigenvalue weighted by molar-refractivity contribution is 5.92. The summed E-state index contributed by atoms with van der Waals surface area (Å²) in [5, 5.41) is 9.30. The molecule has 0 amide bonds. The Morgan fingerprint density at radius 2 is 1.42 bits per heavy atom. The molecule has 4 aromatic rings. The van der Waals surface area contributed by atoms with Gasteiger partial charge in [-0.05, 0) is 89.6 Å². The molecule has 1 heterocycles. The summed E-state index contributed by atoms with van der Waals surface area (Å²) in [7, 11) is 0. The van der Waals surface area contributed by atoms with Crippen LogP contribution < -0.4 is 4.90 Å². The fraction of sp³-hybridized carbons (Fsp3) is 0.171. The highest BCUT2D eigenvalue weighted by Crippen LogP contribution is 2.52. The summed E-state index contributed by atoms with van der Waals surface area (Å²) in [6.07, 6.45) is 7.61. The molecule has 3 heteroatoms. The smallest absolute Gasteiger partial charge is 0.331 e. The molecule has 2 unspecified atom stereocenters. The van der Waals surface area contributed by atoms with Gasteiger partial charge in [0.05, 0.1) is 0 Å². The minimum atomic E-state index is -0.873. The lowest BCUT2D eigenvalue weighted by Gasteiger charge is -2.27. The number of nitrogens with zero attached hydrogens (tertiary/aromatic N) is 1. The van der Waals surface area contributed by atoms with Gasteiger partial charge in [0.2, 0.25) is 0 Å². The Kier molecular flexibility index (Phi) is 6.43. The van der Waals surface area contributed by atoms with E-state index in [9.17, 15) is 9.90 Å². The van der Waals surface area contributed by atoms with E-state index < -0.39 is 5.97 Å². The number of hydrogen-bond donors (Lipinski definition) is 1. The van der Waals surface area contributed by atoms with E-state index in [0.717, 1.165) is 5.56 Å². The van der Waals surface area contributed by atoms with E-state index in [4.69, 9.17) is 0 Å². The van der Waals surface area contributed by atoms with E-state index in [1.54, 1.807) is 13.0 Å². The Morgan fingerprint density at radius 3 is 2.05 bits per heavy atom. The first kappa shape index (κ1) is 24.0. The van der Waals surface area contributed by atoms with Crippen LogP contribution in [0.3, 0.4) is 0 Å². The number of anilines is 2. The Balaban J connectivity index is 1.35. The van der Waals surface area contributed by atoms with Gasteiger partial charge in [-0.3, -0.25) is 0 Å². The first-order valence-corrected chi connectivity index (χ1v) is 13.4. The maximum absolute atomic E-state index is 11.3. The zero-order valence-electron chi connectivity index (χ0n) is 21.5. The molecule has 1 aliphatic heterocycles. The fourth-order valence-electron chi connectivity index (χ4n) is 6.08. The lowest BCUT2D eigenvalue weighted by atomic mass is 9.95. The Labute approximate surface area is 224 Å². The van der Waals surface area contributed by atoms with Gasteiger partial charge in [-0.2, -0.15) is 0 Å². The fourth-order valence-corrected chi connectivity index (χ4v) is 6.08. The van der Waals surface area contributed by atoms with Crippen LogP contribution in [0.2, 0.25) is 0 Å². The van der Waals surface area contributed by atoms with Crippen molar-refractivity contribution in [2.45, 2.75) is 38.1 Å².